The Morgan fingerprint density at radius 1 is 1.27 bits per heavy atom. The van der Waals surface area contributed by atoms with E-state index in [1.807, 2.05) is 0 Å². The van der Waals surface area contributed by atoms with Crippen LogP contribution < -0.4 is 0 Å². The molecular formula is C9H22OSi. The molecule has 1 unspecified atom stereocenters. The highest BCUT2D eigenvalue weighted by Crippen LogP contribution is 2.30. The maximum absolute atomic E-state index is 5.73. The third-order valence-electron chi connectivity index (χ3n) is 3.11. The third kappa shape index (κ3) is 2.31. The predicted octanol–water partition coefficient (Wildman–Crippen LogP) is 1.89. The maximum Gasteiger partial charge on any atom is 0.146 e. The molecule has 1 atom stereocenters. The Morgan fingerprint density at radius 3 is 1.82 bits per heavy atom. The molecule has 2 heteroatoms. The molecule has 0 aliphatic heterocycles. The average Bonchev–Trinajstić information content (AvgIpc) is 2.08. The van der Waals surface area contributed by atoms with Gasteiger partial charge >= 0.3 is 0 Å². The van der Waals surface area contributed by atoms with Crippen molar-refractivity contribution in [2.24, 2.45) is 5.92 Å². The van der Waals surface area contributed by atoms with Crippen LogP contribution in [-0.4, -0.2) is 16.1 Å². The second kappa shape index (κ2) is 4.94. The van der Waals surface area contributed by atoms with Crippen LogP contribution in [0.2, 0.25) is 0 Å². The molecule has 0 aromatic carbocycles. The van der Waals surface area contributed by atoms with Gasteiger partial charge in [-0.05, 0) is 18.8 Å². The molecule has 1 nitrogen and oxygen atoms in total. The zero-order chi connectivity index (χ0) is 8.91. The van der Waals surface area contributed by atoms with Gasteiger partial charge in [0.05, 0.1) is 5.60 Å². The molecule has 0 N–H and O–H groups in total. The number of rotatable bonds is 5. The molecule has 0 aliphatic carbocycles. The van der Waals surface area contributed by atoms with Gasteiger partial charge in [-0.2, -0.15) is 0 Å². The Kier molecular flexibility index (Phi) is 5.02. The molecule has 68 valence electrons. The summed E-state index contributed by atoms with van der Waals surface area (Å²) in [5.74, 6) is 0.704. The molecule has 0 saturated heterocycles. The molecule has 0 amide bonds. The van der Waals surface area contributed by atoms with Crippen LogP contribution in [0.4, 0.5) is 0 Å². The lowest BCUT2D eigenvalue weighted by molar-refractivity contribution is 0.0133. The highest BCUT2D eigenvalue weighted by molar-refractivity contribution is 5.98. The van der Waals surface area contributed by atoms with Gasteiger partial charge < -0.3 is 4.43 Å². The smallest absolute Gasteiger partial charge is 0.146 e. The van der Waals surface area contributed by atoms with Gasteiger partial charge in [0, 0.05) is 0 Å². The topological polar surface area (TPSA) is 9.23 Å². The molecule has 0 rings (SSSR count). The second-order valence-corrected chi connectivity index (χ2v) is 3.69. The highest BCUT2D eigenvalue weighted by atomic mass is 28.2. The van der Waals surface area contributed by atoms with E-state index in [0.29, 0.717) is 5.92 Å². The van der Waals surface area contributed by atoms with E-state index < -0.39 is 0 Å². The second-order valence-electron chi connectivity index (χ2n) is 3.29. The highest BCUT2D eigenvalue weighted by Gasteiger charge is 2.30. The fourth-order valence-corrected chi connectivity index (χ4v) is 2.79. The van der Waals surface area contributed by atoms with Crippen molar-refractivity contribution in [1.29, 1.82) is 0 Å². The van der Waals surface area contributed by atoms with E-state index in [0.717, 1.165) is 23.3 Å². The van der Waals surface area contributed by atoms with Crippen LogP contribution in [0.15, 0.2) is 0 Å². The number of hydrogen-bond acceptors (Lipinski definition) is 1. The maximum atomic E-state index is 5.73. The quantitative estimate of drug-likeness (QED) is 0.578. The van der Waals surface area contributed by atoms with Gasteiger partial charge in [-0.25, -0.2) is 0 Å². The van der Waals surface area contributed by atoms with Crippen LogP contribution >= 0.6 is 0 Å². The van der Waals surface area contributed by atoms with Crippen molar-refractivity contribution in [1.82, 2.24) is 0 Å². The first kappa shape index (κ1) is 11.2. The van der Waals surface area contributed by atoms with Gasteiger partial charge in [-0.3, -0.25) is 0 Å². The Hall–Kier alpha value is 0.177. The molecule has 0 bridgehead atoms. The lowest BCUT2D eigenvalue weighted by Crippen LogP contribution is -2.37. The molecule has 0 spiro atoms. The lowest BCUT2D eigenvalue weighted by atomic mass is 9.82. The summed E-state index contributed by atoms with van der Waals surface area (Å²) in [4.78, 5) is 0. The van der Waals surface area contributed by atoms with Crippen molar-refractivity contribution in [2.45, 2.75) is 52.6 Å². The molecule has 0 aromatic heterocycles. The fraction of sp³-hybridized carbons (Fsp3) is 1.00. The zero-order valence-electron chi connectivity index (χ0n) is 8.61. The van der Waals surface area contributed by atoms with E-state index in [4.69, 9.17) is 4.43 Å². The molecule has 0 aliphatic rings. The summed E-state index contributed by atoms with van der Waals surface area (Å²) in [6.07, 6.45) is 3.54. The number of hydrogen-bond donors (Lipinski definition) is 0. The van der Waals surface area contributed by atoms with E-state index in [-0.39, 0.29) is 5.60 Å². The van der Waals surface area contributed by atoms with E-state index >= 15 is 0 Å². The monoisotopic (exact) mass is 174 g/mol. The molecule has 0 saturated carbocycles. The lowest BCUT2D eigenvalue weighted by Gasteiger charge is -2.36. The van der Waals surface area contributed by atoms with Crippen LogP contribution in [0.3, 0.4) is 0 Å². The van der Waals surface area contributed by atoms with Crippen molar-refractivity contribution < 1.29 is 4.43 Å². The summed E-state index contributed by atoms with van der Waals surface area (Å²) in [7, 11) is 0.868. The zero-order valence-corrected chi connectivity index (χ0v) is 10.6. The van der Waals surface area contributed by atoms with Crippen molar-refractivity contribution in [3.05, 3.63) is 0 Å². The average molecular weight is 174 g/mol. The fourth-order valence-electron chi connectivity index (χ4n) is 1.81. The Morgan fingerprint density at radius 2 is 1.73 bits per heavy atom. The summed E-state index contributed by atoms with van der Waals surface area (Å²) < 4.78 is 5.73. The Bertz CT molecular complexity index is 91.5. The predicted molar refractivity (Wildman–Crippen MR) is 53.8 cm³/mol. The van der Waals surface area contributed by atoms with Gasteiger partial charge in [0.25, 0.3) is 0 Å². The summed E-state index contributed by atoms with van der Waals surface area (Å²) in [6, 6.07) is 0. The SMILES string of the molecule is CCC(C)C(CC)(CC)O[SiH3]. The van der Waals surface area contributed by atoms with E-state index in [1.165, 1.54) is 6.42 Å². The van der Waals surface area contributed by atoms with Crippen LogP contribution in [0, 0.1) is 5.92 Å². The molecule has 0 fully saturated rings. The van der Waals surface area contributed by atoms with Crippen LogP contribution in [0.1, 0.15) is 47.0 Å². The van der Waals surface area contributed by atoms with Crippen molar-refractivity contribution >= 4 is 10.5 Å². The van der Waals surface area contributed by atoms with Crippen LogP contribution in [0.25, 0.3) is 0 Å². The standard InChI is InChI=1S/C9H22OSi/c1-5-8(4)9(6-2,7-3)10-11/h8H,5-7H2,1-4,11H3. The van der Waals surface area contributed by atoms with Gasteiger partial charge in [-0.15, -0.1) is 0 Å². The molecule has 0 heterocycles. The van der Waals surface area contributed by atoms with Crippen LogP contribution in [-0.2, 0) is 4.43 Å². The summed E-state index contributed by atoms with van der Waals surface area (Å²) >= 11 is 0. The summed E-state index contributed by atoms with van der Waals surface area (Å²) in [5.41, 5.74) is 0.195. The van der Waals surface area contributed by atoms with Gasteiger partial charge in [0.2, 0.25) is 0 Å². The van der Waals surface area contributed by atoms with Gasteiger partial charge in [0.15, 0.2) is 0 Å². The van der Waals surface area contributed by atoms with Gasteiger partial charge in [0.1, 0.15) is 10.5 Å². The molecule has 0 aromatic rings. The van der Waals surface area contributed by atoms with E-state index in [1.54, 1.807) is 0 Å². The van der Waals surface area contributed by atoms with Crippen molar-refractivity contribution in [3.8, 4) is 0 Å². The Labute approximate surface area is 74.1 Å². The summed E-state index contributed by atoms with van der Waals surface area (Å²) in [5, 5.41) is 0. The van der Waals surface area contributed by atoms with Gasteiger partial charge in [-0.1, -0.05) is 34.1 Å². The Balaban J connectivity index is 4.26. The largest absolute Gasteiger partial charge is 0.422 e. The molecular weight excluding hydrogens is 152 g/mol. The first-order valence-corrected chi connectivity index (χ1v) is 5.53. The van der Waals surface area contributed by atoms with E-state index in [2.05, 4.69) is 27.7 Å². The minimum absolute atomic E-state index is 0.195. The minimum Gasteiger partial charge on any atom is -0.422 e. The first-order chi connectivity index (χ1) is 5.16. The summed E-state index contributed by atoms with van der Waals surface area (Å²) in [6.45, 7) is 9.00. The van der Waals surface area contributed by atoms with Crippen molar-refractivity contribution in [3.63, 3.8) is 0 Å². The molecule has 0 radical (unpaired) electrons. The van der Waals surface area contributed by atoms with E-state index in [9.17, 15) is 0 Å². The van der Waals surface area contributed by atoms with Crippen LogP contribution in [0.5, 0.6) is 0 Å². The molecule has 11 heavy (non-hydrogen) atoms. The first-order valence-electron chi connectivity index (χ1n) is 4.72. The normalized spacial score (nSPS) is 15.3. The van der Waals surface area contributed by atoms with Crippen molar-refractivity contribution in [2.75, 3.05) is 0 Å². The third-order valence-corrected chi connectivity index (χ3v) is 3.93. The minimum atomic E-state index is 0.195.